The number of benzene rings is 1. The van der Waals surface area contributed by atoms with Crippen LogP contribution in [0.2, 0.25) is 0 Å². The molecule has 0 radical (unpaired) electrons. The van der Waals surface area contributed by atoms with Crippen LogP contribution in [-0.4, -0.2) is 11.7 Å². The van der Waals surface area contributed by atoms with Gasteiger partial charge in [0.2, 0.25) is 0 Å². The number of rotatable bonds is 9. The fourth-order valence-electron chi connectivity index (χ4n) is 2.43. The van der Waals surface area contributed by atoms with Crippen molar-refractivity contribution in [2.24, 2.45) is 0 Å². The monoisotopic (exact) mass is 328 g/mol. The third kappa shape index (κ3) is 9.24. The van der Waals surface area contributed by atoms with Gasteiger partial charge in [0.05, 0.1) is 0 Å². The molecule has 0 amide bonds. The van der Waals surface area contributed by atoms with Crippen molar-refractivity contribution in [1.29, 1.82) is 0 Å². The van der Waals surface area contributed by atoms with Crippen molar-refractivity contribution >= 4 is 0 Å². The average Bonchev–Trinajstić information content (AvgIpc) is 2.45. The molecule has 0 heterocycles. The molecule has 132 valence electrons. The lowest BCUT2D eigenvalue weighted by Gasteiger charge is -2.06. The molecular weight excluding hydrogens is 296 g/mol. The molecule has 0 aliphatic carbocycles. The van der Waals surface area contributed by atoms with E-state index in [-0.39, 0.29) is 5.75 Å². The number of allylic oxidation sites excluding steroid dienone is 5. The maximum absolute atomic E-state index is 9.56. The first-order chi connectivity index (χ1) is 11.4. The summed E-state index contributed by atoms with van der Waals surface area (Å²) < 4.78 is 5.68. The van der Waals surface area contributed by atoms with Crippen molar-refractivity contribution in [3.05, 3.63) is 58.7 Å². The molecule has 0 aromatic heterocycles. The fourth-order valence-corrected chi connectivity index (χ4v) is 2.43. The molecule has 0 saturated carbocycles. The molecule has 0 aliphatic rings. The highest BCUT2D eigenvalue weighted by molar-refractivity contribution is 5.36. The largest absolute Gasteiger partial charge is 0.508 e. The van der Waals surface area contributed by atoms with Gasteiger partial charge in [-0.2, -0.15) is 0 Å². The van der Waals surface area contributed by atoms with Crippen molar-refractivity contribution in [1.82, 2.24) is 0 Å². The Bertz CT molecular complexity index is 582. The van der Waals surface area contributed by atoms with Crippen LogP contribution in [0.1, 0.15) is 58.9 Å². The molecule has 0 saturated heterocycles. The summed E-state index contributed by atoms with van der Waals surface area (Å²) in [5.41, 5.74) is 5.19. The number of aromatic hydroxyl groups is 1. The topological polar surface area (TPSA) is 29.5 Å². The molecule has 1 aromatic carbocycles. The minimum Gasteiger partial charge on any atom is -0.508 e. The van der Waals surface area contributed by atoms with E-state index in [2.05, 4.69) is 45.9 Å². The Morgan fingerprint density at radius 1 is 0.917 bits per heavy atom. The van der Waals surface area contributed by atoms with Crippen LogP contribution in [-0.2, 0) is 0 Å². The van der Waals surface area contributed by atoms with Crippen LogP contribution in [0, 0.1) is 6.92 Å². The van der Waals surface area contributed by atoms with E-state index in [0.717, 1.165) is 31.2 Å². The molecule has 0 atom stereocenters. The molecular formula is C22H32O2. The lowest BCUT2D eigenvalue weighted by molar-refractivity contribution is 0.358. The van der Waals surface area contributed by atoms with Gasteiger partial charge >= 0.3 is 0 Å². The predicted molar refractivity (Wildman–Crippen MR) is 104 cm³/mol. The number of hydrogen-bond acceptors (Lipinski definition) is 2. The molecule has 1 N–H and O–H groups in total. The van der Waals surface area contributed by atoms with E-state index in [4.69, 9.17) is 4.74 Å². The maximum atomic E-state index is 9.56. The molecule has 0 spiro atoms. The van der Waals surface area contributed by atoms with Gasteiger partial charge in [0.25, 0.3) is 0 Å². The van der Waals surface area contributed by atoms with Gasteiger partial charge in [-0.15, -0.1) is 0 Å². The SMILES string of the molecule is CC(C)=CCCC(C)=CCCC(C)=CCOc1cc(C)cc(O)c1. The standard InChI is InChI=1S/C22H32O2/c1-17(2)8-6-9-18(3)10-7-11-19(4)12-13-24-22-15-20(5)14-21(23)16-22/h8,10,12,14-16,23H,6-7,9,11,13H2,1-5H3. The molecule has 24 heavy (non-hydrogen) atoms. The van der Waals surface area contributed by atoms with Gasteiger partial charge in [-0.05, 0) is 84.1 Å². The van der Waals surface area contributed by atoms with E-state index in [0.29, 0.717) is 12.4 Å². The Morgan fingerprint density at radius 3 is 2.17 bits per heavy atom. The quantitative estimate of drug-likeness (QED) is 0.524. The average molecular weight is 328 g/mol. The third-order valence-electron chi connectivity index (χ3n) is 3.84. The van der Waals surface area contributed by atoms with Crippen LogP contribution in [0.5, 0.6) is 11.5 Å². The van der Waals surface area contributed by atoms with E-state index in [1.54, 1.807) is 12.1 Å². The van der Waals surface area contributed by atoms with Crippen molar-refractivity contribution in [3.8, 4) is 11.5 Å². The Kier molecular flexibility index (Phi) is 8.99. The summed E-state index contributed by atoms with van der Waals surface area (Å²) in [4.78, 5) is 0. The van der Waals surface area contributed by atoms with Crippen LogP contribution < -0.4 is 4.74 Å². The molecule has 1 aromatic rings. The highest BCUT2D eigenvalue weighted by Gasteiger charge is 1.98. The Morgan fingerprint density at radius 2 is 1.54 bits per heavy atom. The zero-order valence-electron chi connectivity index (χ0n) is 15.9. The van der Waals surface area contributed by atoms with Gasteiger partial charge < -0.3 is 9.84 Å². The van der Waals surface area contributed by atoms with E-state index >= 15 is 0 Å². The first kappa shape index (κ1) is 20.1. The molecule has 0 unspecified atom stereocenters. The van der Waals surface area contributed by atoms with Gasteiger partial charge in [-0.25, -0.2) is 0 Å². The van der Waals surface area contributed by atoms with Gasteiger partial charge in [-0.1, -0.05) is 28.9 Å². The summed E-state index contributed by atoms with van der Waals surface area (Å²) in [5, 5.41) is 9.56. The molecule has 1 rings (SSSR count). The summed E-state index contributed by atoms with van der Waals surface area (Å²) in [7, 11) is 0. The van der Waals surface area contributed by atoms with Crippen molar-refractivity contribution in [2.45, 2.75) is 60.3 Å². The van der Waals surface area contributed by atoms with Crippen LogP contribution in [0.25, 0.3) is 0 Å². The van der Waals surface area contributed by atoms with Gasteiger partial charge in [0, 0.05) is 6.07 Å². The summed E-state index contributed by atoms with van der Waals surface area (Å²) in [5.74, 6) is 0.964. The van der Waals surface area contributed by atoms with E-state index in [9.17, 15) is 5.11 Å². The Labute approximate surface area is 147 Å². The minimum absolute atomic E-state index is 0.249. The van der Waals surface area contributed by atoms with Crippen LogP contribution in [0.4, 0.5) is 0 Å². The third-order valence-corrected chi connectivity index (χ3v) is 3.84. The zero-order chi connectivity index (χ0) is 17.9. The number of phenolic OH excluding ortho intramolecular Hbond substituents is 1. The van der Waals surface area contributed by atoms with Crippen molar-refractivity contribution < 1.29 is 9.84 Å². The maximum Gasteiger partial charge on any atom is 0.123 e. The second-order valence-electron chi connectivity index (χ2n) is 6.78. The number of phenols is 1. The molecule has 0 fully saturated rings. The lowest BCUT2D eigenvalue weighted by Crippen LogP contribution is -1.95. The van der Waals surface area contributed by atoms with Gasteiger partial charge in [-0.3, -0.25) is 0 Å². The molecule has 0 aliphatic heterocycles. The molecule has 2 heteroatoms. The van der Waals surface area contributed by atoms with E-state index in [1.165, 1.54) is 16.7 Å². The summed E-state index contributed by atoms with van der Waals surface area (Å²) in [6, 6.07) is 5.30. The van der Waals surface area contributed by atoms with Crippen LogP contribution in [0.3, 0.4) is 0 Å². The minimum atomic E-state index is 0.249. The smallest absolute Gasteiger partial charge is 0.123 e. The van der Waals surface area contributed by atoms with Gasteiger partial charge in [0.15, 0.2) is 0 Å². The number of ether oxygens (including phenoxy) is 1. The lowest BCUT2D eigenvalue weighted by atomic mass is 10.1. The van der Waals surface area contributed by atoms with Crippen LogP contribution >= 0.6 is 0 Å². The highest BCUT2D eigenvalue weighted by atomic mass is 16.5. The van der Waals surface area contributed by atoms with Gasteiger partial charge in [0.1, 0.15) is 18.1 Å². The second-order valence-corrected chi connectivity index (χ2v) is 6.78. The summed E-state index contributed by atoms with van der Waals surface area (Å²) in [6.07, 6.45) is 11.2. The summed E-state index contributed by atoms with van der Waals surface area (Å²) >= 11 is 0. The second kappa shape index (κ2) is 10.7. The normalized spacial score (nSPS) is 12.2. The summed E-state index contributed by atoms with van der Waals surface area (Å²) in [6.45, 7) is 11.1. The first-order valence-corrected chi connectivity index (χ1v) is 8.75. The zero-order valence-corrected chi connectivity index (χ0v) is 15.9. The van der Waals surface area contributed by atoms with Crippen LogP contribution in [0.15, 0.2) is 53.1 Å². The highest BCUT2D eigenvalue weighted by Crippen LogP contribution is 2.21. The van der Waals surface area contributed by atoms with Crippen molar-refractivity contribution in [2.75, 3.05) is 6.61 Å². The molecule has 0 bridgehead atoms. The van der Waals surface area contributed by atoms with E-state index < -0.39 is 0 Å². The molecule has 2 nitrogen and oxygen atoms in total. The van der Waals surface area contributed by atoms with E-state index in [1.807, 2.05) is 13.0 Å². The van der Waals surface area contributed by atoms with Crippen molar-refractivity contribution in [3.63, 3.8) is 0 Å². The first-order valence-electron chi connectivity index (χ1n) is 8.75. The number of aryl methyl sites for hydroxylation is 1. The Balaban J connectivity index is 2.32. The Hall–Kier alpha value is -1.96. The predicted octanol–water partition coefficient (Wildman–Crippen LogP) is 6.50. The number of hydrogen-bond donors (Lipinski definition) is 1. The fraction of sp³-hybridized carbons (Fsp3) is 0.455.